The number of nitrogens with one attached hydrogen (secondary N) is 1. The van der Waals surface area contributed by atoms with Gasteiger partial charge in [0.05, 0.1) is 6.20 Å². The Hall–Kier alpha value is -2.21. The molecule has 2 aromatic rings. The Kier molecular flexibility index (Phi) is 5.25. The molecule has 126 valence electrons. The van der Waals surface area contributed by atoms with Gasteiger partial charge in [-0.2, -0.15) is 16.9 Å². The van der Waals surface area contributed by atoms with Crippen molar-refractivity contribution in [1.29, 1.82) is 0 Å². The molecular weight excluding hydrogens is 320 g/mol. The lowest BCUT2D eigenvalue weighted by molar-refractivity contribution is -0.111. The fraction of sp³-hybridized carbons (Fsp3) is 0.333. The number of carbonyl (C=O) groups excluding carboxylic acids is 1. The zero-order valence-corrected chi connectivity index (χ0v) is 14.8. The predicted octanol–water partition coefficient (Wildman–Crippen LogP) is 2.93. The van der Waals surface area contributed by atoms with Crippen LogP contribution in [0.5, 0.6) is 0 Å². The van der Waals surface area contributed by atoms with Crippen molar-refractivity contribution in [3.8, 4) is 0 Å². The molecule has 6 heteroatoms. The summed E-state index contributed by atoms with van der Waals surface area (Å²) in [5, 5.41) is 7.02. The number of aromatic nitrogens is 2. The van der Waals surface area contributed by atoms with Crippen LogP contribution in [0, 0.1) is 6.92 Å². The van der Waals surface area contributed by atoms with Gasteiger partial charge >= 0.3 is 0 Å². The lowest BCUT2D eigenvalue weighted by Crippen LogP contribution is -2.32. The molecule has 1 fully saturated rings. The van der Waals surface area contributed by atoms with Crippen LogP contribution in [0.4, 0.5) is 11.4 Å². The molecule has 1 aliphatic rings. The first kappa shape index (κ1) is 16.6. The van der Waals surface area contributed by atoms with Gasteiger partial charge in [-0.25, -0.2) is 0 Å². The van der Waals surface area contributed by atoms with E-state index >= 15 is 0 Å². The summed E-state index contributed by atoms with van der Waals surface area (Å²) in [6.45, 7) is 4.20. The Morgan fingerprint density at radius 3 is 2.79 bits per heavy atom. The summed E-state index contributed by atoms with van der Waals surface area (Å²) in [7, 11) is 1.85. The van der Waals surface area contributed by atoms with Crippen LogP contribution in [0.25, 0.3) is 6.08 Å². The average Bonchev–Trinajstić information content (AvgIpc) is 3.01. The normalized spacial score (nSPS) is 15.0. The third-order valence-corrected chi connectivity index (χ3v) is 4.94. The first-order chi connectivity index (χ1) is 11.6. The predicted molar refractivity (Wildman–Crippen MR) is 102 cm³/mol. The van der Waals surface area contributed by atoms with Crippen molar-refractivity contribution in [2.75, 3.05) is 34.8 Å². The number of thioether (sulfide) groups is 1. The maximum absolute atomic E-state index is 12.1. The SMILES string of the molecule is Cc1cc(N2CCSCC2)ccc1NC(=O)C=Cc1cnn(C)c1. The van der Waals surface area contributed by atoms with Crippen LogP contribution in [0.2, 0.25) is 0 Å². The number of benzene rings is 1. The van der Waals surface area contributed by atoms with Crippen molar-refractivity contribution in [2.24, 2.45) is 7.05 Å². The van der Waals surface area contributed by atoms with Gasteiger partial charge in [0.1, 0.15) is 0 Å². The van der Waals surface area contributed by atoms with E-state index in [1.54, 1.807) is 17.0 Å². The van der Waals surface area contributed by atoms with Crippen molar-refractivity contribution in [3.63, 3.8) is 0 Å². The van der Waals surface area contributed by atoms with Crippen LogP contribution in [-0.2, 0) is 11.8 Å². The number of hydrogen-bond donors (Lipinski definition) is 1. The summed E-state index contributed by atoms with van der Waals surface area (Å²) in [5.41, 5.74) is 4.07. The Morgan fingerprint density at radius 1 is 1.33 bits per heavy atom. The summed E-state index contributed by atoms with van der Waals surface area (Å²) in [6.07, 6.45) is 6.88. The number of nitrogens with zero attached hydrogens (tertiary/aromatic N) is 3. The first-order valence-electron chi connectivity index (χ1n) is 8.03. The lowest BCUT2D eigenvalue weighted by atomic mass is 10.1. The highest BCUT2D eigenvalue weighted by Crippen LogP contribution is 2.25. The molecule has 0 saturated carbocycles. The number of rotatable bonds is 4. The topological polar surface area (TPSA) is 50.2 Å². The number of carbonyl (C=O) groups is 1. The second kappa shape index (κ2) is 7.57. The second-order valence-electron chi connectivity index (χ2n) is 5.87. The highest BCUT2D eigenvalue weighted by atomic mass is 32.2. The third kappa shape index (κ3) is 4.20. The lowest BCUT2D eigenvalue weighted by Gasteiger charge is -2.29. The van der Waals surface area contributed by atoms with Crippen molar-refractivity contribution in [2.45, 2.75) is 6.92 Å². The van der Waals surface area contributed by atoms with E-state index in [2.05, 4.69) is 27.4 Å². The molecule has 3 rings (SSSR count). The second-order valence-corrected chi connectivity index (χ2v) is 7.09. The maximum Gasteiger partial charge on any atom is 0.248 e. The molecule has 1 N–H and O–H groups in total. The molecule has 1 aromatic carbocycles. The van der Waals surface area contributed by atoms with E-state index < -0.39 is 0 Å². The van der Waals surface area contributed by atoms with Crippen LogP contribution in [0.1, 0.15) is 11.1 Å². The van der Waals surface area contributed by atoms with Crippen LogP contribution in [-0.4, -0.2) is 40.3 Å². The summed E-state index contributed by atoms with van der Waals surface area (Å²) < 4.78 is 1.71. The molecule has 2 heterocycles. The van der Waals surface area contributed by atoms with Crippen LogP contribution in [0.15, 0.2) is 36.7 Å². The summed E-state index contributed by atoms with van der Waals surface area (Å²) >= 11 is 2.00. The molecule has 5 nitrogen and oxygen atoms in total. The molecular formula is C18H22N4OS. The molecule has 1 saturated heterocycles. The van der Waals surface area contributed by atoms with Gasteiger partial charge in [-0.1, -0.05) is 0 Å². The molecule has 0 bridgehead atoms. The third-order valence-electron chi connectivity index (χ3n) is 4.00. The van der Waals surface area contributed by atoms with Gasteiger partial charge in [0, 0.05) is 60.9 Å². The first-order valence-corrected chi connectivity index (χ1v) is 9.18. The van der Waals surface area contributed by atoms with E-state index in [0.29, 0.717) is 0 Å². The van der Waals surface area contributed by atoms with E-state index in [4.69, 9.17) is 0 Å². The molecule has 0 aliphatic carbocycles. The van der Waals surface area contributed by atoms with Crippen LogP contribution >= 0.6 is 11.8 Å². The van der Waals surface area contributed by atoms with E-state index in [1.165, 1.54) is 23.3 Å². The summed E-state index contributed by atoms with van der Waals surface area (Å²) in [6, 6.07) is 6.22. The van der Waals surface area contributed by atoms with Gasteiger partial charge in [0.2, 0.25) is 5.91 Å². The molecule has 0 unspecified atom stereocenters. The molecule has 0 radical (unpaired) electrons. The Labute approximate surface area is 146 Å². The molecule has 24 heavy (non-hydrogen) atoms. The van der Waals surface area contributed by atoms with Gasteiger partial charge in [0.15, 0.2) is 0 Å². The van der Waals surface area contributed by atoms with Gasteiger partial charge in [-0.05, 0) is 36.8 Å². The Balaban J connectivity index is 1.64. The smallest absolute Gasteiger partial charge is 0.248 e. The van der Waals surface area contributed by atoms with Crippen molar-refractivity contribution in [1.82, 2.24) is 9.78 Å². The number of amides is 1. The Morgan fingerprint density at radius 2 is 2.12 bits per heavy atom. The highest BCUT2D eigenvalue weighted by Gasteiger charge is 2.12. The van der Waals surface area contributed by atoms with E-state index in [1.807, 2.05) is 38.0 Å². The highest BCUT2D eigenvalue weighted by molar-refractivity contribution is 7.99. The minimum atomic E-state index is -0.135. The minimum absolute atomic E-state index is 0.135. The van der Waals surface area contributed by atoms with Gasteiger partial charge in [0.25, 0.3) is 0 Å². The fourth-order valence-electron chi connectivity index (χ4n) is 2.68. The van der Waals surface area contributed by atoms with Gasteiger partial charge in [-0.15, -0.1) is 0 Å². The standard InChI is InChI=1S/C18H22N4OS/c1-14-11-16(22-7-9-24-10-8-22)4-5-17(14)20-18(23)6-3-15-12-19-21(2)13-15/h3-6,11-13H,7-10H2,1-2H3,(H,20,23). The zero-order valence-electron chi connectivity index (χ0n) is 14.0. The van der Waals surface area contributed by atoms with E-state index in [0.717, 1.165) is 29.9 Å². The quantitative estimate of drug-likeness (QED) is 0.868. The average molecular weight is 342 g/mol. The van der Waals surface area contributed by atoms with Crippen molar-refractivity contribution in [3.05, 3.63) is 47.8 Å². The fourth-order valence-corrected chi connectivity index (χ4v) is 3.58. The van der Waals surface area contributed by atoms with Gasteiger partial charge < -0.3 is 10.2 Å². The van der Waals surface area contributed by atoms with Crippen LogP contribution in [0.3, 0.4) is 0 Å². The van der Waals surface area contributed by atoms with E-state index in [9.17, 15) is 4.79 Å². The van der Waals surface area contributed by atoms with Crippen molar-refractivity contribution >= 4 is 35.1 Å². The minimum Gasteiger partial charge on any atom is -0.370 e. The largest absolute Gasteiger partial charge is 0.370 e. The number of anilines is 2. The molecule has 0 atom stereocenters. The van der Waals surface area contributed by atoms with Gasteiger partial charge in [-0.3, -0.25) is 9.48 Å². The summed E-state index contributed by atoms with van der Waals surface area (Å²) in [5.74, 6) is 2.22. The van der Waals surface area contributed by atoms with E-state index in [-0.39, 0.29) is 5.91 Å². The zero-order chi connectivity index (χ0) is 16.9. The molecule has 0 spiro atoms. The number of hydrogen-bond acceptors (Lipinski definition) is 4. The molecule has 1 aromatic heterocycles. The maximum atomic E-state index is 12.1. The summed E-state index contributed by atoms with van der Waals surface area (Å²) in [4.78, 5) is 14.5. The van der Waals surface area contributed by atoms with Crippen LogP contribution < -0.4 is 10.2 Å². The monoisotopic (exact) mass is 342 g/mol. The Bertz CT molecular complexity index is 747. The molecule has 1 amide bonds. The van der Waals surface area contributed by atoms with Crippen molar-refractivity contribution < 1.29 is 4.79 Å². The molecule has 1 aliphatic heterocycles. The number of aryl methyl sites for hydroxylation is 2.